The van der Waals surface area contributed by atoms with Gasteiger partial charge in [0.1, 0.15) is 6.29 Å². The molecule has 1 rings (SSSR count). The Labute approximate surface area is 116 Å². The van der Waals surface area contributed by atoms with E-state index in [1.165, 1.54) is 11.1 Å². The van der Waals surface area contributed by atoms with E-state index in [4.69, 9.17) is 11.5 Å². The molecule has 0 aliphatic rings. The van der Waals surface area contributed by atoms with E-state index in [1.54, 1.807) is 7.05 Å². The van der Waals surface area contributed by atoms with Crippen molar-refractivity contribution in [1.82, 2.24) is 5.32 Å². The van der Waals surface area contributed by atoms with E-state index in [1.807, 2.05) is 0 Å². The fourth-order valence-electron chi connectivity index (χ4n) is 1.51. The molecule has 1 atom stereocenters. The van der Waals surface area contributed by atoms with E-state index < -0.39 is 0 Å². The molecule has 0 bridgehead atoms. The Bertz CT molecular complexity index is 325. The molecule has 0 saturated carbocycles. The van der Waals surface area contributed by atoms with Crippen LogP contribution >= 0.6 is 0 Å². The first kappa shape index (κ1) is 17.8. The van der Waals surface area contributed by atoms with Crippen LogP contribution in [0.15, 0.2) is 24.3 Å². The standard InChI is InChI=1S/C8H11N.C7H16N2O/c1-7-2-4-8(6-9)5-3-7;1-9-7(6-10)4-2-3-5-8/h2-5H,6,9H2,1H3;6-7,9H,2-5,8H2,1H3. The molecule has 0 fully saturated rings. The van der Waals surface area contributed by atoms with Crippen LogP contribution in [0.25, 0.3) is 0 Å². The number of carbonyl (C=O) groups is 1. The number of rotatable bonds is 7. The average Bonchev–Trinajstić information content (AvgIpc) is 2.45. The van der Waals surface area contributed by atoms with Crippen molar-refractivity contribution in [1.29, 1.82) is 0 Å². The largest absolute Gasteiger partial charge is 0.330 e. The molecule has 0 aliphatic heterocycles. The molecule has 19 heavy (non-hydrogen) atoms. The summed E-state index contributed by atoms with van der Waals surface area (Å²) in [6, 6.07) is 8.27. The van der Waals surface area contributed by atoms with E-state index in [-0.39, 0.29) is 6.04 Å². The smallest absolute Gasteiger partial charge is 0.136 e. The summed E-state index contributed by atoms with van der Waals surface area (Å²) in [5.74, 6) is 0. The highest BCUT2D eigenvalue weighted by atomic mass is 16.1. The highest BCUT2D eigenvalue weighted by Crippen LogP contribution is 2.00. The highest BCUT2D eigenvalue weighted by Gasteiger charge is 2.00. The molecule has 1 unspecified atom stereocenters. The van der Waals surface area contributed by atoms with Gasteiger partial charge in [0.05, 0.1) is 6.04 Å². The second kappa shape index (κ2) is 11.8. The molecule has 0 aromatic heterocycles. The van der Waals surface area contributed by atoms with E-state index in [9.17, 15) is 4.79 Å². The molecular formula is C15H27N3O. The fourth-order valence-corrected chi connectivity index (χ4v) is 1.51. The van der Waals surface area contributed by atoms with Crippen molar-refractivity contribution >= 4 is 6.29 Å². The quantitative estimate of drug-likeness (QED) is 0.513. The van der Waals surface area contributed by atoms with E-state index in [0.717, 1.165) is 32.1 Å². The molecule has 0 spiro atoms. The summed E-state index contributed by atoms with van der Waals surface area (Å²) in [4.78, 5) is 10.2. The van der Waals surface area contributed by atoms with Gasteiger partial charge in [0, 0.05) is 6.54 Å². The Kier molecular flexibility index (Phi) is 11.1. The van der Waals surface area contributed by atoms with Crippen LogP contribution in [0.1, 0.15) is 30.4 Å². The SMILES string of the molecule is CNC(C=O)CCCCN.Cc1ccc(CN)cc1. The predicted octanol–water partition coefficient (Wildman–Crippen LogP) is 1.36. The first-order valence-electron chi connectivity index (χ1n) is 6.76. The van der Waals surface area contributed by atoms with E-state index in [0.29, 0.717) is 6.54 Å². The van der Waals surface area contributed by atoms with Crippen LogP contribution in [0.2, 0.25) is 0 Å². The lowest BCUT2D eigenvalue weighted by atomic mass is 10.1. The Morgan fingerprint density at radius 1 is 1.21 bits per heavy atom. The predicted molar refractivity (Wildman–Crippen MR) is 80.9 cm³/mol. The molecule has 0 amide bonds. The van der Waals surface area contributed by atoms with Crippen molar-refractivity contribution in [3.63, 3.8) is 0 Å². The van der Waals surface area contributed by atoms with Crippen molar-refractivity contribution in [2.75, 3.05) is 13.6 Å². The number of hydrogen-bond acceptors (Lipinski definition) is 4. The van der Waals surface area contributed by atoms with Crippen LogP contribution in [-0.4, -0.2) is 25.9 Å². The van der Waals surface area contributed by atoms with Gasteiger partial charge >= 0.3 is 0 Å². The molecule has 4 nitrogen and oxygen atoms in total. The van der Waals surface area contributed by atoms with Crippen molar-refractivity contribution in [2.45, 2.75) is 38.8 Å². The molecule has 0 radical (unpaired) electrons. The number of carbonyl (C=O) groups excluding carboxylic acids is 1. The number of aldehydes is 1. The number of unbranched alkanes of at least 4 members (excludes halogenated alkanes) is 1. The number of likely N-dealkylation sites (N-methyl/N-ethyl adjacent to an activating group) is 1. The summed E-state index contributed by atoms with van der Waals surface area (Å²) < 4.78 is 0. The number of benzene rings is 1. The minimum atomic E-state index is 0.0200. The number of hydrogen-bond donors (Lipinski definition) is 3. The summed E-state index contributed by atoms with van der Waals surface area (Å²) in [5.41, 5.74) is 13.2. The van der Waals surface area contributed by atoms with Crippen LogP contribution in [0.3, 0.4) is 0 Å². The van der Waals surface area contributed by atoms with Gasteiger partial charge in [-0.3, -0.25) is 0 Å². The van der Waals surface area contributed by atoms with Crippen LogP contribution < -0.4 is 16.8 Å². The number of aryl methyl sites for hydroxylation is 1. The van der Waals surface area contributed by atoms with Crippen LogP contribution in [0.4, 0.5) is 0 Å². The van der Waals surface area contributed by atoms with Crippen molar-refractivity contribution in [3.8, 4) is 0 Å². The third-order valence-electron chi connectivity index (χ3n) is 2.86. The zero-order chi connectivity index (χ0) is 14.5. The van der Waals surface area contributed by atoms with Crippen LogP contribution in [-0.2, 0) is 11.3 Å². The summed E-state index contributed by atoms with van der Waals surface area (Å²) in [6.07, 6.45) is 3.88. The summed E-state index contributed by atoms with van der Waals surface area (Å²) >= 11 is 0. The second-order valence-corrected chi connectivity index (χ2v) is 4.51. The van der Waals surface area contributed by atoms with E-state index in [2.05, 4.69) is 36.5 Å². The molecule has 0 saturated heterocycles. The first-order chi connectivity index (χ1) is 9.17. The average molecular weight is 265 g/mol. The van der Waals surface area contributed by atoms with Gasteiger partial charge in [0.2, 0.25) is 0 Å². The van der Waals surface area contributed by atoms with Gasteiger partial charge in [-0.2, -0.15) is 0 Å². The summed E-state index contributed by atoms with van der Waals surface area (Å²) in [5, 5.41) is 2.90. The van der Waals surface area contributed by atoms with Crippen LogP contribution in [0, 0.1) is 6.92 Å². The van der Waals surface area contributed by atoms with Gasteiger partial charge in [-0.05, 0) is 38.9 Å². The molecule has 1 aromatic rings. The minimum Gasteiger partial charge on any atom is -0.330 e. The minimum absolute atomic E-state index is 0.0200. The molecule has 0 aliphatic carbocycles. The lowest BCUT2D eigenvalue weighted by Gasteiger charge is -2.06. The maximum Gasteiger partial charge on any atom is 0.136 e. The maximum absolute atomic E-state index is 10.2. The Morgan fingerprint density at radius 2 is 1.84 bits per heavy atom. The van der Waals surface area contributed by atoms with Gasteiger partial charge in [0.25, 0.3) is 0 Å². The second-order valence-electron chi connectivity index (χ2n) is 4.51. The first-order valence-corrected chi connectivity index (χ1v) is 6.76. The van der Waals surface area contributed by atoms with Crippen molar-refractivity contribution in [2.24, 2.45) is 11.5 Å². The normalized spacial score (nSPS) is 11.4. The van der Waals surface area contributed by atoms with Gasteiger partial charge in [0.15, 0.2) is 0 Å². The molecule has 108 valence electrons. The summed E-state index contributed by atoms with van der Waals surface area (Å²) in [6.45, 7) is 3.43. The Balaban J connectivity index is 0.000000342. The fraction of sp³-hybridized carbons (Fsp3) is 0.533. The van der Waals surface area contributed by atoms with Crippen molar-refractivity contribution in [3.05, 3.63) is 35.4 Å². The third-order valence-corrected chi connectivity index (χ3v) is 2.86. The van der Waals surface area contributed by atoms with Crippen LogP contribution in [0.5, 0.6) is 0 Å². The highest BCUT2D eigenvalue weighted by molar-refractivity contribution is 5.57. The van der Waals surface area contributed by atoms with E-state index >= 15 is 0 Å². The number of nitrogens with two attached hydrogens (primary N) is 2. The van der Waals surface area contributed by atoms with Crippen molar-refractivity contribution < 1.29 is 4.79 Å². The molecule has 1 aromatic carbocycles. The maximum atomic E-state index is 10.2. The zero-order valence-corrected chi connectivity index (χ0v) is 12.1. The lowest BCUT2D eigenvalue weighted by molar-refractivity contribution is -0.109. The third kappa shape index (κ3) is 9.36. The number of nitrogens with one attached hydrogen (secondary N) is 1. The molecule has 4 heteroatoms. The monoisotopic (exact) mass is 265 g/mol. The van der Waals surface area contributed by atoms with Gasteiger partial charge in [-0.15, -0.1) is 0 Å². The summed E-state index contributed by atoms with van der Waals surface area (Å²) in [7, 11) is 1.79. The Hall–Kier alpha value is -1.23. The Morgan fingerprint density at radius 3 is 2.26 bits per heavy atom. The topological polar surface area (TPSA) is 81.1 Å². The van der Waals surface area contributed by atoms with Gasteiger partial charge < -0.3 is 21.6 Å². The lowest BCUT2D eigenvalue weighted by Crippen LogP contribution is -2.26. The molecule has 0 heterocycles. The zero-order valence-electron chi connectivity index (χ0n) is 12.1. The molecule has 5 N–H and O–H groups in total. The van der Waals surface area contributed by atoms with Gasteiger partial charge in [-0.1, -0.05) is 36.2 Å². The van der Waals surface area contributed by atoms with Gasteiger partial charge in [-0.25, -0.2) is 0 Å². The molecular weight excluding hydrogens is 238 g/mol.